The van der Waals surface area contributed by atoms with Gasteiger partial charge in [0.05, 0.1) is 0 Å². The molecule has 102 valence electrons. The molecule has 4 heteroatoms. The molecule has 0 atom stereocenters. The van der Waals surface area contributed by atoms with Crippen molar-refractivity contribution in [2.75, 3.05) is 11.9 Å². The van der Waals surface area contributed by atoms with E-state index in [-0.39, 0.29) is 5.91 Å². The molecule has 20 heavy (non-hydrogen) atoms. The molecule has 0 unspecified atom stereocenters. The molecule has 0 bridgehead atoms. The highest BCUT2D eigenvalue weighted by Gasteiger charge is 2.11. The van der Waals surface area contributed by atoms with Gasteiger partial charge in [-0.15, -0.1) is 0 Å². The molecule has 2 aromatic rings. The monoisotopic (exact) mass is 330 g/mol. The molecular formula is C16H15BrN2O. The Morgan fingerprint density at radius 3 is 2.90 bits per heavy atom. The van der Waals surface area contributed by atoms with Crippen LogP contribution in [0.15, 0.2) is 46.9 Å². The largest absolute Gasteiger partial charge is 0.322 e. The normalized spacial score (nSPS) is 13.7. The Labute approximate surface area is 126 Å². The van der Waals surface area contributed by atoms with Gasteiger partial charge in [0.25, 0.3) is 5.91 Å². The van der Waals surface area contributed by atoms with Crippen LogP contribution in [-0.2, 0) is 13.0 Å². The minimum Gasteiger partial charge on any atom is -0.322 e. The number of benzene rings is 2. The third kappa shape index (κ3) is 2.92. The zero-order chi connectivity index (χ0) is 13.9. The third-order valence-electron chi connectivity index (χ3n) is 3.44. The van der Waals surface area contributed by atoms with Gasteiger partial charge in [0.15, 0.2) is 0 Å². The number of hydrogen-bond acceptors (Lipinski definition) is 2. The first kappa shape index (κ1) is 13.3. The molecule has 0 saturated carbocycles. The van der Waals surface area contributed by atoms with Gasteiger partial charge in [0.1, 0.15) is 0 Å². The maximum atomic E-state index is 12.2. The Bertz CT molecular complexity index is 655. The molecule has 0 saturated heterocycles. The van der Waals surface area contributed by atoms with Crippen molar-refractivity contribution in [1.82, 2.24) is 5.32 Å². The number of halogens is 1. The van der Waals surface area contributed by atoms with E-state index < -0.39 is 0 Å². The molecule has 0 spiro atoms. The molecule has 2 aromatic carbocycles. The smallest absolute Gasteiger partial charge is 0.255 e. The van der Waals surface area contributed by atoms with E-state index in [1.165, 1.54) is 11.1 Å². The van der Waals surface area contributed by atoms with Crippen molar-refractivity contribution in [3.05, 3.63) is 63.6 Å². The molecule has 1 aliphatic heterocycles. The topological polar surface area (TPSA) is 41.1 Å². The predicted octanol–water partition coefficient (Wildman–Crippen LogP) is 3.35. The van der Waals surface area contributed by atoms with Gasteiger partial charge in [-0.1, -0.05) is 28.1 Å². The Morgan fingerprint density at radius 2 is 2.05 bits per heavy atom. The summed E-state index contributed by atoms with van der Waals surface area (Å²) in [4.78, 5) is 12.2. The second-order valence-corrected chi connectivity index (χ2v) is 5.79. The molecule has 2 N–H and O–H groups in total. The van der Waals surface area contributed by atoms with Gasteiger partial charge in [-0.2, -0.15) is 0 Å². The molecule has 3 nitrogen and oxygen atoms in total. The lowest BCUT2D eigenvalue weighted by Crippen LogP contribution is -2.23. The van der Waals surface area contributed by atoms with Gasteiger partial charge in [-0.05, 0) is 54.4 Å². The first-order chi connectivity index (χ1) is 9.72. The molecule has 0 aromatic heterocycles. The van der Waals surface area contributed by atoms with Crippen molar-refractivity contribution in [2.45, 2.75) is 13.0 Å². The summed E-state index contributed by atoms with van der Waals surface area (Å²) in [5.41, 5.74) is 4.13. The molecule has 0 radical (unpaired) electrons. The minimum absolute atomic E-state index is 0.0879. The van der Waals surface area contributed by atoms with Gasteiger partial charge < -0.3 is 10.6 Å². The summed E-state index contributed by atoms with van der Waals surface area (Å²) >= 11 is 3.38. The molecule has 0 fully saturated rings. The van der Waals surface area contributed by atoms with Crippen molar-refractivity contribution in [3.63, 3.8) is 0 Å². The van der Waals surface area contributed by atoms with Gasteiger partial charge in [0.2, 0.25) is 0 Å². The zero-order valence-corrected chi connectivity index (χ0v) is 12.5. The van der Waals surface area contributed by atoms with Gasteiger partial charge in [-0.25, -0.2) is 0 Å². The standard InChI is InChI=1S/C16H15BrN2O/c17-14-3-1-2-12(8-14)16(20)19-15-5-4-11-6-7-18-10-13(11)9-15/h1-5,8-9,18H,6-7,10H2,(H,19,20). The predicted molar refractivity (Wildman–Crippen MR) is 83.9 cm³/mol. The van der Waals surface area contributed by atoms with Crippen LogP contribution in [0.3, 0.4) is 0 Å². The summed E-state index contributed by atoms with van der Waals surface area (Å²) in [5, 5.41) is 6.29. The molecule has 3 rings (SSSR count). The number of hydrogen-bond donors (Lipinski definition) is 2. The summed E-state index contributed by atoms with van der Waals surface area (Å²) in [6, 6.07) is 13.5. The molecule has 1 amide bonds. The van der Waals surface area contributed by atoms with Crippen LogP contribution in [-0.4, -0.2) is 12.5 Å². The zero-order valence-electron chi connectivity index (χ0n) is 10.9. The summed E-state index contributed by atoms with van der Waals surface area (Å²) in [6.07, 6.45) is 1.05. The van der Waals surface area contributed by atoms with Crippen LogP contribution >= 0.6 is 15.9 Å². The lowest BCUT2D eigenvalue weighted by Gasteiger charge is -2.18. The van der Waals surface area contributed by atoms with Crippen LogP contribution in [0.2, 0.25) is 0 Å². The molecule has 1 aliphatic rings. The number of anilines is 1. The fraction of sp³-hybridized carbons (Fsp3) is 0.188. The van der Waals surface area contributed by atoms with Crippen molar-refractivity contribution in [1.29, 1.82) is 0 Å². The van der Waals surface area contributed by atoms with E-state index in [9.17, 15) is 4.79 Å². The summed E-state index contributed by atoms with van der Waals surface area (Å²) in [6.45, 7) is 1.90. The average Bonchev–Trinajstić information content (AvgIpc) is 2.47. The van der Waals surface area contributed by atoms with Crippen LogP contribution in [0.1, 0.15) is 21.5 Å². The van der Waals surface area contributed by atoms with E-state index in [0.717, 1.165) is 29.7 Å². The quantitative estimate of drug-likeness (QED) is 0.886. The van der Waals surface area contributed by atoms with Crippen molar-refractivity contribution in [2.24, 2.45) is 0 Å². The number of amides is 1. The Balaban J connectivity index is 1.79. The highest BCUT2D eigenvalue weighted by Crippen LogP contribution is 2.20. The van der Waals surface area contributed by atoms with Gasteiger partial charge in [-0.3, -0.25) is 4.79 Å². The fourth-order valence-electron chi connectivity index (χ4n) is 2.39. The second kappa shape index (κ2) is 5.77. The highest BCUT2D eigenvalue weighted by molar-refractivity contribution is 9.10. The van der Waals surface area contributed by atoms with Gasteiger partial charge >= 0.3 is 0 Å². The number of fused-ring (bicyclic) bond motifs is 1. The van der Waals surface area contributed by atoms with Crippen LogP contribution < -0.4 is 10.6 Å². The SMILES string of the molecule is O=C(Nc1ccc2c(c1)CNCC2)c1cccc(Br)c1. The van der Waals surface area contributed by atoms with Crippen LogP contribution in [0.5, 0.6) is 0 Å². The lowest BCUT2D eigenvalue weighted by molar-refractivity contribution is 0.102. The summed E-state index contributed by atoms with van der Waals surface area (Å²) in [5.74, 6) is -0.0879. The van der Waals surface area contributed by atoms with Crippen LogP contribution in [0, 0.1) is 0 Å². The first-order valence-electron chi connectivity index (χ1n) is 6.62. The first-order valence-corrected chi connectivity index (χ1v) is 7.41. The van der Waals surface area contributed by atoms with E-state index in [1.54, 1.807) is 6.07 Å². The molecular weight excluding hydrogens is 316 g/mol. The second-order valence-electron chi connectivity index (χ2n) is 4.87. The van der Waals surface area contributed by atoms with Crippen LogP contribution in [0.25, 0.3) is 0 Å². The van der Waals surface area contributed by atoms with Gasteiger partial charge in [0, 0.05) is 22.3 Å². The van der Waals surface area contributed by atoms with Crippen LogP contribution in [0.4, 0.5) is 5.69 Å². The average molecular weight is 331 g/mol. The molecule has 0 aliphatic carbocycles. The van der Waals surface area contributed by atoms with E-state index in [0.29, 0.717) is 5.56 Å². The minimum atomic E-state index is -0.0879. The third-order valence-corrected chi connectivity index (χ3v) is 3.93. The van der Waals surface area contributed by atoms with E-state index in [1.807, 2.05) is 24.3 Å². The Morgan fingerprint density at radius 1 is 1.15 bits per heavy atom. The number of nitrogens with one attached hydrogen (secondary N) is 2. The Hall–Kier alpha value is -1.65. The maximum Gasteiger partial charge on any atom is 0.255 e. The highest BCUT2D eigenvalue weighted by atomic mass is 79.9. The molecule has 1 heterocycles. The van der Waals surface area contributed by atoms with E-state index >= 15 is 0 Å². The summed E-state index contributed by atoms with van der Waals surface area (Å²) in [7, 11) is 0. The summed E-state index contributed by atoms with van der Waals surface area (Å²) < 4.78 is 0.903. The number of rotatable bonds is 2. The lowest BCUT2D eigenvalue weighted by atomic mass is 10.0. The number of carbonyl (C=O) groups is 1. The van der Waals surface area contributed by atoms with Crippen molar-refractivity contribution in [3.8, 4) is 0 Å². The van der Waals surface area contributed by atoms with Crippen molar-refractivity contribution >= 4 is 27.5 Å². The van der Waals surface area contributed by atoms with E-state index in [4.69, 9.17) is 0 Å². The fourth-order valence-corrected chi connectivity index (χ4v) is 2.79. The van der Waals surface area contributed by atoms with E-state index in [2.05, 4.69) is 38.7 Å². The number of carbonyl (C=O) groups excluding carboxylic acids is 1. The Kier molecular flexibility index (Phi) is 3.85. The maximum absolute atomic E-state index is 12.2. The van der Waals surface area contributed by atoms with Crippen molar-refractivity contribution < 1.29 is 4.79 Å².